The summed E-state index contributed by atoms with van der Waals surface area (Å²) in [4.78, 5) is 1.59. The quantitative estimate of drug-likeness (QED) is 0.515. The number of β-amino-alcohol motifs (C(OH)–C–C–N with tert-alkyl or cyclic N) is 1. The lowest BCUT2D eigenvalue weighted by Crippen LogP contribution is -2.49. The van der Waals surface area contributed by atoms with E-state index in [0.29, 0.717) is 6.42 Å². The zero-order valence-electron chi connectivity index (χ0n) is 11.7. The molecule has 1 aromatic rings. The molecule has 122 valence electrons. The Kier molecular flexibility index (Phi) is 4.74. The van der Waals surface area contributed by atoms with Crippen molar-refractivity contribution in [3.05, 3.63) is 10.2 Å². The van der Waals surface area contributed by atoms with Gasteiger partial charge >= 0.3 is 11.3 Å². The van der Waals surface area contributed by atoms with Crippen molar-refractivity contribution in [3.63, 3.8) is 0 Å². The molecule has 2 rings (SSSR count). The van der Waals surface area contributed by atoms with Gasteiger partial charge in [0.1, 0.15) is 6.67 Å². The van der Waals surface area contributed by atoms with Crippen molar-refractivity contribution in [2.75, 3.05) is 13.2 Å². The highest BCUT2D eigenvalue weighted by Crippen LogP contribution is 2.39. The lowest BCUT2D eigenvalue weighted by molar-refractivity contribution is -0.138. The number of nitrogens with zero attached hydrogens (tertiary/aromatic N) is 4. The number of rotatable bonds is 4. The second kappa shape index (κ2) is 6.10. The third kappa shape index (κ3) is 3.09. The maximum Gasteiger partial charge on any atom is 0.445 e. The number of quaternary nitrogens is 1. The first-order valence-corrected chi connectivity index (χ1v) is 7.42. The molecule has 0 amide bonds. The number of alkyl halides is 3. The summed E-state index contributed by atoms with van der Waals surface area (Å²) >= 11 is 0.149. The van der Waals surface area contributed by atoms with Crippen molar-refractivity contribution >= 4 is 16.5 Å². The first-order valence-electron chi connectivity index (χ1n) is 6.60. The van der Waals surface area contributed by atoms with Gasteiger partial charge in [-0.15, -0.1) is 11.5 Å². The molecule has 22 heavy (non-hydrogen) atoms. The highest BCUT2D eigenvalue weighted by molar-refractivity contribution is 7.15. The summed E-state index contributed by atoms with van der Waals surface area (Å²) in [5.74, 6) is 2.54. The standard InChI is InChI=1S/C12H15F3N4O2S/c1-3-5-8(4-2)18-6-9(20)19(21,7-18)11-17-16-10(22-11)12(13,14)15/h2,8-9,20H,3,5-7H2,1H3. The average Bonchev–Trinajstić information content (AvgIpc) is 3.03. The van der Waals surface area contributed by atoms with Gasteiger partial charge in [-0.05, 0) is 17.8 Å². The number of aliphatic hydroxyl groups excluding tert-OH is 1. The van der Waals surface area contributed by atoms with Gasteiger partial charge < -0.3 is 10.3 Å². The van der Waals surface area contributed by atoms with Crippen LogP contribution in [0.1, 0.15) is 24.8 Å². The normalized spacial score (nSPS) is 27.8. The molecule has 1 aromatic heterocycles. The molecule has 0 bridgehead atoms. The Morgan fingerprint density at radius 1 is 1.59 bits per heavy atom. The fourth-order valence-electron chi connectivity index (χ4n) is 2.31. The minimum atomic E-state index is -4.66. The number of terminal acetylenes is 1. The maximum atomic E-state index is 12.7. The van der Waals surface area contributed by atoms with E-state index in [4.69, 9.17) is 6.42 Å². The van der Waals surface area contributed by atoms with Crippen LogP contribution < -0.4 is 4.65 Å². The van der Waals surface area contributed by atoms with Gasteiger partial charge in [0.2, 0.25) is 11.2 Å². The SMILES string of the molecule is C#CC(CCC)N1CC(O)[N+]([O-])(c2nnc(C(F)(F)F)s2)C1. The van der Waals surface area contributed by atoms with E-state index in [1.165, 1.54) is 0 Å². The van der Waals surface area contributed by atoms with E-state index >= 15 is 0 Å². The van der Waals surface area contributed by atoms with Crippen LogP contribution in [0.5, 0.6) is 0 Å². The summed E-state index contributed by atoms with van der Waals surface area (Å²) in [6, 6.07) is -0.344. The summed E-state index contributed by atoms with van der Waals surface area (Å²) in [5.41, 5.74) is 0. The van der Waals surface area contributed by atoms with Crippen LogP contribution in [0.3, 0.4) is 0 Å². The second-order valence-electron chi connectivity index (χ2n) is 5.05. The first kappa shape index (κ1) is 17.1. The molecular formula is C12H15F3N4O2S. The van der Waals surface area contributed by atoms with Crippen LogP contribution in [0.2, 0.25) is 0 Å². The molecule has 1 fully saturated rings. The number of halogens is 3. The molecule has 0 aliphatic carbocycles. The van der Waals surface area contributed by atoms with Gasteiger partial charge in [0.05, 0.1) is 12.6 Å². The molecule has 0 radical (unpaired) electrons. The number of aliphatic hydroxyl groups is 1. The van der Waals surface area contributed by atoms with E-state index in [-0.39, 0.29) is 30.6 Å². The summed E-state index contributed by atoms with van der Waals surface area (Å²) in [7, 11) is 0. The zero-order chi connectivity index (χ0) is 16.5. The van der Waals surface area contributed by atoms with Gasteiger partial charge in [0.25, 0.3) is 0 Å². The predicted molar refractivity (Wildman–Crippen MR) is 75.2 cm³/mol. The molecule has 10 heteroatoms. The topological polar surface area (TPSA) is 72.3 Å². The third-order valence-corrected chi connectivity index (χ3v) is 4.53. The minimum Gasteiger partial charge on any atom is -0.623 e. The van der Waals surface area contributed by atoms with Gasteiger partial charge in [-0.2, -0.15) is 13.2 Å². The second-order valence-corrected chi connectivity index (χ2v) is 6.00. The van der Waals surface area contributed by atoms with Crippen molar-refractivity contribution in [2.45, 2.75) is 38.2 Å². The summed E-state index contributed by atoms with van der Waals surface area (Å²) in [5, 5.41) is 27.4. The van der Waals surface area contributed by atoms with Crippen LogP contribution in [0.25, 0.3) is 0 Å². The fourth-order valence-corrected chi connectivity index (χ4v) is 3.09. The largest absolute Gasteiger partial charge is 0.623 e. The van der Waals surface area contributed by atoms with E-state index in [2.05, 4.69) is 16.1 Å². The molecule has 6 nitrogen and oxygen atoms in total. The summed E-state index contributed by atoms with van der Waals surface area (Å²) in [6.45, 7) is 1.66. The summed E-state index contributed by atoms with van der Waals surface area (Å²) < 4.78 is 36.3. The average molecular weight is 336 g/mol. The van der Waals surface area contributed by atoms with Crippen LogP contribution in [0.4, 0.5) is 18.3 Å². The van der Waals surface area contributed by atoms with Gasteiger partial charge in [0.15, 0.2) is 0 Å². The van der Waals surface area contributed by atoms with Gasteiger partial charge in [-0.1, -0.05) is 24.4 Å². The Bertz CT molecular complexity index is 573. The van der Waals surface area contributed by atoms with Gasteiger partial charge in [0, 0.05) is 0 Å². The fraction of sp³-hybridized carbons (Fsp3) is 0.667. The van der Waals surface area contributed by atoms with Crippen LogP contribution >= 0.6 is 11.3 Å². The summed E-state index contributed by atoms with van der Waals surface area (Å²) in [6.07, 6.45) is 0.731. The molecule has 3 atom stereocenters. The van der Waals surface area contributed by atoms with Crippen molar-refractivity contribution in [1.29, 1.82) is 0 Å². The van der Waals surface area contributed by atoms with Gasteiger partial charge in [-0.25, -0.2) is 4.90 Å². The van der Waals surface area contributed by atoms with E-state index in [9.17, 15) is 23.5 Å². The number of aromatic nitrogens is 2. The van der Waals surface area contributed by atoms with Crippen LogP contribution in [0.15, 0.2) is 0 Å². The van der Waals surface area contributed by atoms with Crippen molar-refractivity contribution < 1.29 is 18.3 Å². The zero-order valence-corrected chi connectivity index (χ0v) is 12.6. The lowest BCUT2D eigenvalue weighted by atomic mass is 10.1. The van der Waals surface area contributed by atoms with E-state index in [0.717, 1.165) is 6.42 Å². The Labute approximate surface area is 129 Å². The molecule has 1 aliphatic rings. The van der Waals surface area contributed by atoms with Crippen LogP contribution in [-0.4, -0.2) is 45.7 Å². The van der Waals surface area contributed by atoms with Crippen LogP contribution in [-0.2, 0) is 6.18 Å². The molecule has 3 unspecified atom stereocenters. The molecule has 0 saturated carbocycles. The Morgan fingerprint density at radius 2 is 2.27 bits per heavy atom. The number of hydrogen-bond acceptors (Lipinski definition) is 6. The highest BCUT2D eigenvalue weighted by atomic mass is 32.1. The molecule has 0 spiro atoms. The monoisotopic (exact) mass is 336 g/mol. The van der Waals surface area contributed by atoms with Crippen molar-refractivity contribution in [3.8, 4) is 12.3 Å². The minimum absolute atomic E-state index is 0.0146. The highest BCUT2D eigenvalue weighted by Gasteiger charge is 2.46. The van der Waals surface area contributed by atoms with E-state index < -0.39 is 27.2 Å². The first-order chi connectivity index (χ1) is 10.2. The molecule has 1 N–H and O–H groups in total. The van der Waals surface area contributed by atoms with Crippen LogP contribution in [0, 0.1) is 17.6 Å². The van der Waals surface area contributed by atoms with Crippen molar-refractivity contribution in [2.24, 2.45) is 0 Å². The Morgan fingerprint density at radius 3 is 2.77 bits per heavy atom. The predicted octanol–water partition coefficient (Wildman–Crippen LogP) is 1.76. The molecule has 0 aromatic carbocycles. The molecule has 1 aliphatic heterocycles. The number of hydroxylamine groups is 2. The van der Waals surface area contributed by atoms with Gasteiger partial charge in [-0.3, -0.25) is 4.65 Å². The third-order valence-electron chi connectivity index (χ3n) is 3.45. The lowest BCUT2D eigenvalue weighted by Gasteiger charge is -2.37. The smallest absolute Gasteiger partial charge is 0.445 e. The molecular weight excluding hydrogens is 321 g/mol. The molecule has 1 saturated heterocycles. The maximum absolute atomic E-state index is 12.7. The molecule has 2 heterocycles. The van der Waals surface area contributed by atoms with E-state index in [1.807, 2.05) is 6.92 Å². The number of hydrogen-bond donors (Lipinski definition) is 1. The van der Waals surface area contributed by atoms with E-state index in [1.54, 1.807) is 4.90 Å². The van der Waals surface area contributed by atoms with Crippen molar-refractivity contribution in [1.82, 2.24) is 19.7 Å². The Hall–Kier alpha value is -1.25. The Balaban J connectivity index is 2.23.